The fraction of sp³-hybridized carbons (Fsp3) is 0.600. The molecule has 1 unspecified atom stereocenters. The summed E-state index contributed by atoms with van der Waals surface area (Å²) in [6.07, 6.45) is 3.19. The molecule has 0 radical (unpaired) electrons. The summed E-state index contributed by atoms with van der Waals surface area (Å²) >= 11 is 0. The molecule has 0 aromatic heterocycles. The average Bonchev–Trinajstić information content (AvgIpc) is 2.02. The van der Waals surface area contributed by atoms with Gasteiger partial charge in [-0.05, 0) is 19.9 Å². The molecule has 1 atom stereocenters. The maximum Gasteiger partial charge on any atom is 0.309 e. The molecule has 0 saturated carbocycles. The van der Waals surface area contributed by atoms with Crippen LogP contribution in [-0.2, 0) is 19.1 Å². The van der Waals surface area contributed by atoms with Crippen molar-refractivity contribution in [3.05, 3.63) is 12.2 Å². The standard InChI is InChI=1S/C10H16O4/c1-4-13-10(12)7-5-6-8(2)14-9(3)11/h5-6,8H,4,7H2,1-3H3/b6-5+. The first-order chi connectivity index (χ1) is 6.56. The topological polar surface area (TPSA) is 52.6 Å². The van der Waals surface area contributed by atoms with Crippen molar-refractivity contribution in [2.75, 3.05) is 6.61 Å². The lowest BCUT2D eigenvalue weighted by atomic mass is 10.3. The minimum atomic E-state index is -0.335. The molecule has 0 amide bonds. The van der Waals surface area contributed by atoms with E-state index in [-0.39, 0.29) is 24.5 Å². The van der Waals surface area contributed by atoms with Gasteiger partial charge >= 0.3 is 11.9 Å². The lowest BCUT2D eigenvalue weighted by molar-refractivity contribution is -0.143. The van der Waals surface area contributed by atoms with Gasteiger partial charge in [-0.1, -0.05) is 6.08 Å². The van der Waals surface area contributed by atoms with E-state index < -0.39 is 0 Å². The van der Waals surface area contributed by atoms with Crippen LogP contribution in [0.1, 0.15) is 27.2 Å². The van der Waals surface area contributed by atoms with Crippen molar-refractivity contribution in [1.82, 2.24) is 0 Å². The zero-order chi connectivity index (χ0) is 11.0. The smallest absolute Gasteiger partial charge is 0.309 e. The Balaban J connectivity index is 3.71. The Bertz CT molecular complexity index is 220. The summed E-state index contributed by atoms with van der Waals surface area (Å²) in [4.78, 5) is 21.4. The van der Waals surface area contributed by atoms with Crippen molar-refractivity contribution >= 4 is 11.9 Å². The van der Waals surface area contributed by atoms with Gasteiger partial charge in [0.2, 0.25) is 0 Å². The van der Waals surface area contributed by atoms with Crippen LogP contribution in [0, 0.1) is 0 Å². The molecule has 80 valence electrons. The van der Waals surface area contributed by atoms with Gasteiger partial charge in [0.1, 0.15) is 6.10 Å². The number of hydrogen-bond donors (Lipinski definition) is 0. The Labute approximate surface area is 83.9 Å². The van der Waals surface area contributed by atoms with Gasteiger partial charge in [0.25, 0.3) is 0 Å². The summed E-state index contributed by atoms with van der Waals surface area (Å²) in [6.45, 7) is 5.20. The Morgan fingerprint density at radius 1 is 1.43 bits per heavy atom. The van der Waals surface area contributed by atoms with Crippen LogP contribution in [-0.4, -0.2) is 24.6 Å². The van der Waals surface area contributed by atoms with Crippen molar-refractivity contribution in [3.63, 3.8) is 0 Å². The Hall–Kier alpha value is -1.32. The van der Waals surface area contributed by atoms with Gasteiger partial charge in [0.05, 0.1) is 13.0 Å². The first kappa shape index (κ1) is 12.7. The van der Waals surface area contributed by atoms with Crippen molar-refractivity contribution in [3.8, 4) is 0 Å². The predicted octanol–water partition coefficient (Wildman–Crippen LogP) is 1.45. The van der Waals surface area contributed by atoms with E-state index in [2.05, 4.69) is 0 Å². The number of esters is 2. The maximum absolute atomic E-state index is 10.9. The van der Waals surface area contributed by atoms with Crippen molar-refractivity contribution in [1.29, 1.82) is 0 Å². The second-order valence-corrected chi connectivity index (χ2v) is 2.75. The van der Waals surface area contributed by atoms with E-state index in [1.807, 2.05) is 0 Å². The molecule has 0 heterocycles. The summed E-state index contributed by atoms with van der Waals surface area (Å²) in [6, 6.07) is 0. The predicted molar refractivity (Wildman–Crippen MR) is 51.6 cm³/mol. The molecular weight excluding hydrogens is 184 g/mol. The fourth-order valence-corrected chi connectivity index (χ4v) is 0.877. The SMILES string of the molecule is CCOC(=O)C/C=C/C(C)OC(C)=O. The highest BCUT2D eigenvalue weighted by atomic mass is 16.5. The summed E-state index contributed by atoms with van der Waals surface area (Å²) in [5, 5.41) is 0. The molecule has 0 aliphatic carbocycles. The quantitative estimate of drug-likeness (QED) is 0.498. The summed E-state index contributed by atoms with van der Waals surface area (Å²) in [5.41, 5.74) is 0. The van der Waals surface area contributed by atoms with Gasteiger partial charge in [-0.2, -0.15) is 0 Å². The molecule has 4 heteroatoms. The van der Waals surface area contributed by atoms with E-state index in [9.17, 15) is 9.59 Å². The monoisotopic (exact) mass is 200 g/mol. The van der Waals surface area contributed by atoms with Crippen molar-refractivity contribution in [2.24, 2.45) is 0 Å². The van der Waals surface area contributed by atoms with E-state index >= 15 is 0 Å². The maximum atomic E-state index is 10.9. The second kappa shape index (κ2) is 7.12. The average molecular weight is 200 g/mol. The molecule has 14 heavy (non-hydrogen) atoms. The van der Waals surface area contributed by atoms with Gasteiger partial charge in [0, 0.05) is 6.92 Å². The zero-order valence-electron chi connectivity index (χ0n) is 8.78. The summed E-state index contributed by atoms with van der Waals surface area (Å²) in [5.74, 6) is -0.614. The van der Waals surface area contributed by atoms with Crippen LogP contribution in [0.5, 0.6) is 0 Å². The van der Waals surface area contributed by atoms with Crippen molar-refractivity contribution in [2.45, 2.75) is 33.3 Å². The molecule has 0 aliphatic heterocycles. The third kappa shape index (κ3) is 7.34. The van der Waals surface area contributed by atoms with Gasteiger partial charge in [-0.3, -0.25) is 9.59 Å². The highest BCUT2D eigenvalue weighted by Crippen LogP contribution is 1.96. The molecule has 0 N–H and O–H groups in total. The van der Waals surface area contributed by atoms with E-state index in [1.54, 1.807) is 26.0 Å². The molecule has 0 aliphatic rings. The molecule has 0 aromatic rings. The minimum Gasteiger partial charge on any atom is -0.466 e. The van der Waals surface area contributed by atoms with Crippen LogP contribution >= 0.6 is 0 Å². The Morgan fingerprint density at radius 3 is 2.57 bits per heavy atom. The first-order valence-corrected chi connectivity index (χ1v) is 4.55. The first-order valence-electron chi connectivity index (χ1n) is 4.55. The number of ether oxygens (including phenoxy) is 2. The van der Waals surface area contributed by atoms with Crippen LogP contribution in [0.25, 0.3) is 0 Å². The van der Waals surface area contributed by atoms with Crippen LogP contribution in [0.15, 0.2) is 12.2 Å². The van der Waals surface area contributed by atoms with Crippen LogP contribution in [0.3, 0.4) is 0 Å². The lowest BCUT2D eigenvalue weighted by Gasteiger charge is -2.05. The van der Waals surface area contributed by atoms with Gasteiger partial charge in [0.15, 0.2) is 0 Å². The normalized spacial score (nSPS) is 12.5. The highest BCUT2D eigenvalue weighted by molar-refractivity contribution is 5.71. The third-order valence-corrected chi connectivity index (χ3v) is 1.35. The van der Waals surface area contributed by atoms with E-state index in [1.165, 1.54) is 6.92 Å². The van der Waals surface area contributed by atoms with Crippen molar-refractivity contribution < 1.29 is 19.1 Å². The van der Waals surface area contributed by atoms with Gasteiger partial charge in [-0.15, -0.1) is 0 Å². The molecule has 0 rings (SSSR count). The van der Waals surface area contributed by atoms with Crippen LogP contribution in [0.4, 0.5) is 0 Å². The van der Waals surface area contributed by atoms with E-state index in [0.29, 0.717) is 6.61 Å². The highest BCUT2D eigenvalue weighted by Gasteiger charge is 2.01. The number of hydrogen-bond acceptors (Lipinski definition) is 4. The second-order valence-electron chi connectivity index (χ2n) is 2.75. The zero-order valence-corrected chi connectivity index (χ0v) is 8.78. The number of carbonyl (C=O) groups is 2. The molecule has 4 nitrogen and oxygen atoms in total. The largest absolute Gasteiger partial charge is 0.466 e. The third-order valence-electron chi connectivity index (χ3n) is 1.35. The molecule has 0 bridgehead atoms. The fourth-order valence-electron chi connectivity index (χ4n) is 0.877. The molecule has 0 aromatic carbocycles. The Morgan fingerprint density at radius 2 is 2.07 bits per heavy atom. The van der Waals surface area contributed by atoms with Gasteiger partial charge < -0.3 is 9.47 Å². The van der Waals surface area contributed by atoms with Crippen LogP contribution < -0.4 is 0 Å². The van der Waals surface area contributed by atoms with E-state index in [0.717, 1.165) is 0 Å². The molecule has 0 saturated heterocycles. The Kier molecular flexibility index (Phi) is 6.45. The van der Waals surface area contributed by atoms with Crippen LogP contribution in [0.2, 0.25) is 0 Å². The minimum absolute atomic E-state index is 0.208. The van der Waals surface area contributed by atoms with Gasteiger partial charge in [-0.25, -0.2) is 0 Å². The molecule has 0 spiro atoms. The lowest BCUT2D eigenvalue weighted by Crippen LogP contribution is -2.09. The number of carbonyl (C=O) groups excluding carboxylic acids is 2. The molecule has 0 fully saturated rings. The summed E-state index contributed by atoms with van der Waals surface area (Å²) < 4.78 is 9.52. The number of rotatable bonds is 5. The molecular formula is C10H16O4. The van der Waals surface area contributed by atoms with E-state index in [4.69, 9.17) is 9.47 Å². The summed E-state index contributed by atoms with van der Waals surface area (Å²) in [7, 11) is 0.